The zero-order valence-electron chi connectivity index (χ0n) is 56.3. The van der Waals surface area contributed by atoms with Crippen LogP contribution in [0.1, 0.15) is 229 Å². The van der Waals surface area contributed by atoms with Crippen molar-refractivity contribution in [1.82, 2.24) is 0 Å². The molecule has 14 atom stereocenters. The summed E-state index contributed by atoms with van der Waals surface area (Å²) in [7, 11) is 0. The molecule has 88 heavy (non-hydrogen) atoms. The van der Waals surface area contributed by atoms with Crippen LogP contribution >= 0.6 is 0 Å². The first-order valence-electron chi connectivity index (χ1n) is 31.9. The summed E-state index contributed by atoms with van der Waals surface area (Å²) in [6, 6.07) is 0. The number of aliphatic hydroxyl groups is 5. The van der Waals surface area contributed by atoms with Crippen LogP contribution in [0.3, 0.4) is 0 Å². The van der Waals surface area contributed by atoms with Gasteiger partial charge in [-0.3, -0.25) is 24.0 Å². The molecule has 4 aliphatic heterocycles. The molecule has 10 fully saturated rings. The topological polar surface area (TPSA) is 251 Å². The summed E-state index contributed by atoms with van der Waals surface area (Å²) in [6.07, 6.45) is 2.73. The molecule has 6 saturated carbocycles. The minimum Gasteiger partial charge on any atom is -0.462 e. The van der Waals surface area contributed by atoms with Gasteiger partial charge >= 0.3 is 47.7 Å². The van der Waals surface area contributed by atoms with E-state index in [-0.39, 0.29) is 83.1 Å². The van der Waals surface area contributed by atoms with E-state index in [4.69, 9.17) is 23.7 Å². The number of rotatable bonds is 16. The quantitative estimate of drug-likeness (QED) is 0.0547. The Morgan fingerprint density at radius 2 is 1.03 bits per heavy atom. The maximum absolute atomic E-state index is 14.0. The van der Waals surface area contributed by atoms with Gasteiger partial charge in [0, 0.05) is 16.7 Å². The maximum Gasteiger partial charge on any atom is 0.449 e. The van der Waals surface area contributed by atoms with E-state index in [1.165, 1.54) is 13.8 Å². The van der Waals surface area contributed by atoms with Gasteiger partial charge in [-0.15, -0.1) is 0 Å². The number of alkyl halides is 5. The van der Waals surface area contributed by atoms with Crippen LogP contribution in [-0.2, 0) is 57.1 Å². The molecule has 10 rings (SSSR count). The molecule has 0 aromatic carbocycles. The van der Waals surface area contributed by atoms with E-state index in [1.54, 1.807) is 6.92 Å². The highest BCUT2D eigenvalue weighted by Crippen LogP contribution is 2.73. The highest BCUT2D eigenvalue weighted by Gasteiger charge is 2.83. The lowest BCUT2D eigenvalue weighted by atomic mass is 9.37. The van der Waals surface area contributed by atoms with Crippen molar-refractivity contribution in [3.63, 3.8) is 0 Å². The van der Waals surface area contributed by atoms with Crippen molar-refractivity contribution in [2.75, 3.05) is 6.61 Å². The van der Waals surface area contributed by atoms with Gasteiger partial charge < -0.3 is 58.7 Å². The van der Waals surface area contributed by atoms with Crippen LogP contribution in [-0.4, -0.2) is 144 Å². The normalized spacial score (nSPS) is 37.2. The molecule has 4 saturated heterocycles. The second-order valence-electron chi connectivity index (χ2n) is 32.8. The third kappa shape index (κ3) is 13.3. The van der Waals surface area contributed by atoms with Gasteiger partial charge in [-0.1, -0.05) is 27.7 Å². The number of hydrogen-bond acceptors (Lipinski definition) is 17. The van der Waals surface area contributed by atoms with E-state index >= 15 is 0 Å². The Hall–Kier alpha value is -3.28. The second kappa shape index (κ2) is 23.6. The van der Waals surface area contributed by atoms with E-state index < -0.39 is 97.9 Å². The van der Waals surface area contributed by atoms with Gasteiger partial charge in [-0.25, -0.2) is 0 Å². The van der Waals surface area contributed by atoms with Crippen LogP contribution in [0.5, 0.6) is 0 Å². The Balaban J connectivity index is 0.000000189. The van der Waals surface area contributed by atoms with Crippen molar-refractivity contribution >= 4 is 29.8 Å². The summed E-state index contributed by atoms with van der Waals surface area (Å²) in [5, 5.41) is 52.6. The molecule has 0 amide bonds. The zero-order valence-corrected chi connectivity index (χ0v) is 56.3. The van der Waals surface area contributed by atoms with Gasteiger partial charge in [-0.2, -0.15) is 22.0 Å². The fourth-order valence-electron chi connectivity index (χ4n) is 15.6. The SMILES string of the molecule is CCC(C)(C)C(=O)OC1(C)COC(O)(C(F)(F)F)C1(F)F.CCC(C)(C)C(=O)OC12CC3CC(C(C)(C)O)(C1)CC(C(C)(C)O)(C3)C2.CCC(C)(C)C(=O)OC1C2CC3C(=O)OC1C3O2.CCC(C)(C)C(=O)O[C@H]1C[C@H]2C[C@@H]1[C@H](C(C)(C)O)[C@@H]2C(C)(C)O. The van der Waals surface area contributed by atoms with Crippen molar-refractivity contribution in [3.8, 4) is 0 Å². The fourth-order valence-corrected chi connectivity index (χ4v) is 15.6. The van der Waals surface area contributed by atoms with Gasteiger partial charge in [0.25, 0.3) is 0 Å². The molecule has 5 N–H and O–H groups in total. The lowest BCUT2D eigenvalue weighted by molar-refractivity contribution is -0.409. The lowest BCUT2D eigenvalue weighted by Gasteiger charge is -2.70. The number of fused-ring (bicyclic) bond motifs is 3. The number of ether oxygens (including phenoxy) is 7. The predicted octanol–water partition coefficient (Wildman–Crippen LogP) is 11.1. The van der Waals surface area contributed by atoms with Crippen LogP contribution in [0.2, 0.25) is 0 Å². The van der Waals surface area contributed by atoms with E-state index in [1.807, 2.05) is 118 Å². The van der Waals surface area contributed by atoms with Crippen LogP contribution in [0, 0.1) is 68.0 Å². The number of esters is 5. The summed E-state index contributed by atoms with van der Waals surface area (Å²) >= 11 is 0. The van der Waals surface area contributed by atoms with E-state index in [0.717, 1.165) is 51.4 Å². The second-order valence-corrected chi connectivity index (χ2v) is 32.8. The highest BCUT2D eigenvalue weighted by atomic mass is 19.4. The standard InChI is InChI=1S/C22H38O4.C19H34O4.C13H18O5.C12H17F5O4/c1-8-17(2,3)16(23)26-22-11-15-9-20(13-22,18(4,5)24)12-21(10-15,14-22)19(6,7)25;1-8-17(2,3)16(20)23-13-10-11-9-12(13)15(19(6,7)22)14(11)18(4,5)21;1-4-13(2,3)12(15)18-9-7-5-6-8(16-7)10(9)17-11(6)14;1-5-8(2,3)7(18)21-9(4)6-20-11(19,10(9,13)14)12(15,16)17/h15,24-25H,8-14H2,1-7H3;11-15,21-22H,8-10H2,1-7H3;6-10H,4-5H2,1-3H3;19H,5-6H2,1-4H3/t;11-,12+,13+,14-,15+;;/m.1../s1. The molecule has 10 aliphatic rings. The van der Waals surface area contributed by atoms with Crippen molar-refractivity contribution < 1.29 is 105 Å². The zero-order chi connectivity index (χ0) is 67.6. The predicted molar refractivity (Wildman–Crippen MR) is 312 cm³/mol. The molecule has 9 unspecified atom stereocenters. The minimum atomic E-state index is -5.74. The molecule has 0 spiro atoms. The molecule has 0 aromatic heterocycles. The Labute approximate surface area is 518 Å². The molecule has 508 valence electrons. The molecule has 0 aromatic rings. The maximum atomic E-state index is 14.0. The van der Waals surface area contributed by atoms with Crippen LogP contribution < -0.4 is 0 Å². The first-order chi connectivity index (χ1) is 39.5. The van der Waals surface area contributed by atoms with E-state index in [9.17, 15) is 71.5 Å². The summed E-state index contributed by atoms with van der Waals surface area (Å²) < 4.78 is 103. The molecule has 17 nitrogen and oxygen atoms in total. The van der Waals surface area contributed by atoms with Crippen molar-refractivity contribution in [3.05, 3.63) is 0 Å². The number of halogens is 5. The average Bonchev–Trinajstić information content (AvgIpc) is 1.06. The summed E-state index contributed by atoms with van der Waals surface area (Å²) in [6.45, 7) is 35.9. The first-order valence-corrected chi connectivity index (χ1v) is 31.9. The lowest BCUT2D eigenvalue weighted by Crippen LogP contribution is -2.70. The van der Waals surface area contributed by atoms with Gasteiger partial charge in [0.05, 0.1) is 62.7 Å². The third-order valence-electron chi connectivity index (χ3n) is 22.9. The summed E-state index contributed by atoms with van der Waals surface area (Å²) in [5.74, 6) is -10.7. The Kier molecular flexibility index (Phi) is 19.8. The van der Waals surface area contributed by atoms with Gasteiger partial charge in [0.2, 0.25) is 5.60 Å². The molecular formula is C66H107F5O17. The molecule has 4 heterocycles. The van der Waals surface area contributed by atoms with Crippen LogP contribution in [0.4, 0.5) is 22.0 Å². The van der Waals surface area contributed by atoms with Crippen molar-refractivity contribution in [2.45, 2.75) is 311 Å². The van der Waals surface area contributed by atoms with Gasteiger partial charge in [0.1, 0.15) is 17.8 Å². The van der Waals surface area contributed by atoms with E-state index in [2.05, 4.69) is 9.47 Å². The number of carbonyl (C=O) groups is 5. The monoisotopic (exact) mass is 1270 g/mol. The van der Waals surface area contributed by atoms with E-state index in [0.29, 0.717) is 44.4 Å². The number of carbonyl (C=O) groups excluding carboxylic acids is 5. The minimum absolute atomic E-state index is 0.0432. The van der Waals surface area contributed by atoms with Gasteiger partial charge in [0.15, 0.2) is 12.2 Å². The number of hydrogen-bond donors (Lipinski definition) is 5. The third-order valence-corrected chi connectivity index (χ3v) is 22.9. The van der Waals surface area contributed by atoms with Crippen LogP contribution in [0.15, 0.2) is 0 Å². The van der Waals surface area contributed by atoms with Crippen molar-refractivity contribution in [1.29, 1.82) is 0 Å². The smallest absolute Gasteiger partial charge is 0.449 e. The molecule has 22 heteroatoms. The first kappa shape index (κ1) is 73.8. The van der Waals surface area contributed by atoms with Crippen molar-refractivity contribution in [2.24, 2.45) is 68.0 Å². The molecule has 6 aliphatic carbocycles. The molecule has 8 bridgehead atoms. The highest BCUT2D eigenvalue weighted by molar-refractivity contribution is 5.79. The Morgan fingerprint density at radius 1 is 0.591 bits per heavy atom. The Bertz CT molecular complexity index is 2560. The molecular weight excluding hydrogens is 1160 g/mol. The fraction of sp³-hybridized carbons (Fsp3) is 0.924. The molecule has 0 radical (unpaired) electrons. The van der Waals surface area contributed by atoms with Gasteiger partial charge in [-0.05, 0) is 225 Å². The summed E-state index contributed by atoms with van der Waals surface area (Å²) in [4.78, 5) is 60.8. The largest absolute Gasteiger partial charge is 0.462 e. The average molecular weight is 1270 g/mol. The summed E-state index contributed by atoms with van der Waals surface area (Å²) in [5.41, 5.74) is -10.2. The Morgan fingerprint density at radius 3 is 1.45 bits per heavy atom. The van der Waals surface area contributed by atoms with Crippen LogP contribution in [0.25, 0.3) is 0 Å².